The lowest BCUT2D eigenvalue weighted by Crippen LogP contribution is -2.07. The maximum absolute atomic E-state index is 5.83. The maximum atomic E-state index is 5.83. The van der Waals surface area contributed by atoms with E-state index in [0.717, 1.165) is 31.0 Å². The first-order valence-electron chi connectivity index (χ1n) is 7.73. The lowest BCUT2D eigenvalue weighted by atomic mass is 10.1. The van der Waals surface area contributed by atoms with Crippen molar-refractivity contribution in [2.24, 2.45) is 0 Å². The summed E-state index contributed by atoms with van der Waals surface area (Å²) in [6.07, 6.45) is 0.973. The summed E-state index contributed by atoms with van der Waals surface area (Å²) in [4.78, 5) is 0. The molecule has 22 heavy (non-hydrogen) atoms. The average molecular weight is 291 g/mol. The van der Waals surface area contributed by atoms with Crippen LogP contribution in [0, 0.1) is 6.92 Å². The number of benzene rings is 3. The molecule has 0 aliphatic carbocycles. The highest BCUT2D eigenvalue weighted by Crippen LogP contribution is 2.20. The summed E-state index contributed by atoms with van der Waals surface area (Å²) >= 11 is 0. The van der Waals surface area contributed by atoms with Gasteiger partial charge in [0.15, 0.2) is 0 Å². The summed E-state index contributed by atoms with van der Waals surface area (Å²) in [6.45, 7) is 3.73. The molecule has 0 aliphatic heterocycles. The van der Waals surface area contributed by atoms with Crippen LogP contribution in [0.25, 0.3) is 10.8 Å². The molecule has 0 amide bonds. The van der Waals surface area contributed by atoms with Gasteiger partial charge < -0.3 is 10.1 Å². The SMILES string of the molecule is Cc1ccc(NCCCOc2ccc3ccccc3c2)cc1. The molecular weight excluding hydrogens is 270 g/mol. The van der Waals surface area contributed by atoms with E-state index in [1.54, 1.807) is 0 Å². The van der Waals surface area contributed by atoms with Crippen LogP contribution in [0.5, 0.6) is 5.75 Å². The Balaban J connectivity index is 1.45. The zero-order chi connectivity index (χ0) is 15.2. The molecule has 0 saturated heterocycles. The maximum Gasteiger partial charge on any atom is 0.119 e. The van der Waals surface area contributed by atoms with E-state index in [9.17, 15) is 0 Å². The first kappa shape index (κ1) is 14.5. The number of rotatable bonds is 6. The zero-order valence-electron chi connectivity index (χ0n) is 12.9. The minimum absolute atomic E-state index is 0.719. The van der Waals surface area contributed by atoms with Crippen molar-refractivity contribution in [3.63, 3.8) is 0 Å². The molecule has 0 saturated carbocycles. The number of ether oxygens (including phenoxy) is 1. The lowest BCUT2D eigenvalue weighted by molar-refractivity contribution is 0.315. The molecule has 2 nitrogen and oxygen atoms in total. The minimum Gasteiger partial charge on any atom is -0.494 e. The van der Waals surface area contributed by atoms with E-state index in [1.807, 2.05) is 6.07 Å². The van der Waals surface area contributed by atoms with Crippen molar-refractivity contribution in [3.8, 4) is 5.75 Å². The monoisotopic (exact) mass is 291 g/mol. The van der Waals surface area contributed by atoms with Crippen LogP contribution in [-0.4, -0.2) is 13.2 Å². The summed E-state index contributed by atoms with van der Waals surface area (Å²) < 4.78 is 5.83. The highest BCUT2D eigenvalue weighted by Gasteiger charge is 1.97. The molecule has 0 aromatic heterocycles. The van der Waals surface area contributed by atoms with Gasteiger partial charge in [-0.25, -0.2) is 0 Å². The molecule has 0 spiro atoms. The van der Waals surface area contributed by atoms with E-state index in [2.05, 4.69) is 72.9 Å². The van der Waals surface area contributed by atoms with Crippen LogP contribution in [-0.2, 0) is 0 Å². The summed E-state index contributed by atoms with van der Waals surface area (Å²) in [5.74, 6) is 0.939. The number of nitrogens with one attached hydrogen (secondary N) is 1. The Bertz CT molecular complexity index is 734. The van der Waals surface area contributed by atoms with Gasteiger partial charge in [0.05, 0.1) is 6.61 Å². The number of anilines is 1. The molecule has 0 fully saturated rings. The van der Waals surface area contributed by atoms with Gasteiger partial charge in [0.1, 0.15) is 5.75 Å². The third-order valence-corrected chi connectivity index (χ3v) is 3.69. The molecule has 0 bridgehead atoms. The molecule has 3 aromatic rings. The Hall–Kier alpha value is -2.48. The van der Waals surface area contributed by atoms with Crippen molar-refractivity contribution >= 4 is 16.5 Å². The van der Waals surface area contributed by atoms with E-state index in [4.69, 9.17) is 4.74 Å². The van der Waals surface area contributed by atoms with Gasteiger partial charge in [-0.1, -0.05) is 48.0 Å². The van der Waals surface area contributed by atoms with E-state index in [1.165, 1.54) is 16.3 Å². The largest absolute Gasteiger partial charge is 0.494 e. The van der Waals surface area contributed by atoms with Crippen molar-refractivity contribution < 1.29 is 4.74 Å². The van der Waals surface area contributed by atoms with E-state index < -0.39 is 0 Å². The molecule has 3 aromatic carbocycles. The van der Waals surface area contributed by atoms with Gasteiger partial charge in [0.2, 0.25) is 0 Å². The van der Waals surface area contributed by atoms with Crippen molar-refractivity contribution in [2.75, 3.05) is 18.5 Å². The van der Waals surface area contributed by atoms with Gasteiger partial charge >= 0.3 is 0 Å². The fourth-order valence-electron chi connectivity index (χ4n) is 2.42. The molecule has 0 unspecified atom stereocenters. The van der Waals surface area contributed by atoms with Crippen molar-refractivity contribution in [1.82, 2.24) is 0 Å². The normalized spacial score (nSPS) is 10.6. The van der Waals surface area contributed by atoms with E-state index in [-0.39, 0.29) is 0 Å². The second kappa shape index (κ2) is 6.99. The zero-order valence-corrected chi connectivity index (χ0v) is 12.9. The Morgan fingerprint density at radius 3 is 2.45 bits per heavy atom. The number of hydrogen-bond donors (Lipinski definition) is 1. The summed E-state index contributed by atoms with van der Waals surface area (Å²) in [5.41, 5.74) is 2.45. The first-order chi connectivity index (χ1) is 10.8. The highest BCUT2D eigenvalue weighted by molar-refractivity contribution is 5.83. The summed E-state index contributed by atoms with van der Waals surface area (Å²) in [7, 11) is 0. The predicted octanol–water partition coefficient (Wildman–Crippen LogP) is 5.03. The van der Waals surface area contributed by atoms with Crippen molar-refractivity contribution in [1.29, 1.82) is 0 Å². The highest BCUT2D eigenvalue weighted by atomic mass is 16.5. The Morgan fingerprint density at radius 1 is 0.864 bits per heavy atom. The van der Waals surface area contributed by atoms with E-state index >= 15 is 0 Å². The molecule has 3 rings (SSSR count). The summed E-state index contributed by atoms with van der Waals surface area (Å²) in [5, 5.41) is 5.87. The van der Waals surface area contributed by atoms with Gasteiger partial charge in [0, 0.05) is 12.2 Å². The fourth-order valence-corrected chi connectivity index (χ4v) is 2.42. The van der Waals surface area contributed by atoms with Gasteiger partial charge in [-0.3, -0.25) is 0 Å². The second-order valence-corrected chi connectivity index (χ2v) is 5.50. The van der Waals surface area contributed by atoms with Crippen LogP contribution in [0.3, 0.4) is 0 Å². The number of hydrogen-bond acceptors (Lipinski definition) is 2. The van der Waals surface area contributed by atoms with Crippen LogP contribution < -0.4 is 10.1 Å². The van der Waals surface area contributed by atoms with Gasteiger partial charge in [-0.2, -0.15) is 0 Å². The minimum atomic E-state index is 0.719. The van der Waals surface area contributed by atoms with Crippen LogP contribution in [0.15, 0.2) is 66.7 Å². The van der Waals surface area contributed by atoms with Crippen molar-refractivity contribution in [2.45, 2.75) is 13.3 Å². The lowest BCUT2D eigenvalue weighted by Gasteiger charge is -2.09. The Labute approximate surface area is 131 Å². The first-order valence-corrected chi connectivity index (χ1v) is 7.73. The van der Waals surface area contributed by atoms with Gasteiger partial charge in [0.25, 0.3) is 0 Å². The van der Waals surface area contributed by atoms with Gasteiger partial charge in [-0.15, -0.1) is 0 Å². The molecule has 0 atom stereocenters. The predicted molar refractivity (Wildman–Crippen MR) is 93.7 cm³/mol. The van der Waals surface area contributed by atoms with Crippen LogP contribution in [0.1, 0.15) is 12.0 Å². The third kappa shape index (κ3) is 3.79. The van der Waals surface area contributed by atoms with E-state index in [0.29, 0.717) is 0 Å². The van der Waals surface area contributed by atoms with Crippen LogP contribution in [0.2, 0.25) is 0 Å². The van der Waals surface area contributed by atoms with Crippen molar-refractivity contribution in [3.05, 3.63) is 72.3 Å². The second-order valence-electron chi connectivity index (χ2n) is 5.50. The fraction of sp³-hybridized carbons (Fsp3) is 0.200. The quantitative estimate of drug-likeness (QED) is 0.643. The molecular formula is C20H21NO. The Kier molecular flexibility index (Phi) is 4.59. The number of fused-ring (bicyclic) bond motifs is 1. The Morgan fingerprint density at radius 2 is 1.64 bits per heavy atom. The molecule has 1 N–H and O–H groups in total. The molecule has 112 valence electrons. The standard InChI is InChI=1S/C20H21NO/c1-16-7-10-19(11-8-16)21-13-4-14-22-20-12-9-17-5-2-3-6-18(17)15-20/h2-3,5-12,15,21H,4,13-14H2,1H3. The summed E-state index contributed by atoms with van der Waals surface area (Å²) in [6, 6.07) is 23.0. The molecule has 0 heterocycles. The van der Waals surface area contributed by atoms with Crippen LogP contribution in [0.4, 0.5) is 5.69 Å². The van der Waals surface area contributed by atoms with Crippen LogP contribution >= 0.6 is 0 Å². The average Bonchev–Trinajstić information content (AvgIpc) is 2.56. The number of aryl methyl sites for hydroxylation is 1. The molecule has 0 radical (unpaired) electrons. The molecule has 0 aliphatic rings. The smallest absolute Gasteiger partial charge is 0.119 e. The molecule has 2 heteroatoms. The third-order valence-electron chi connectivity index (χ3n) is 3.69. The topological polar surface area (TPSA) is 21.3 Å². The van der Waals surface area contributed by atoms with Gasteiger partial charge in [-0.05, 0) is 48.4 Å².